The van der Waals surface area contributed by atoms with Gasteiger partial charge in [0.25, 0.3) is 0 Å². The third-order valence-electron chi connectivity index (χ3n) is 2.50. The summed E-state index contributed by atoms with van der Waals surface area (Å²) in [6, 6.07) is 6.27. The lowest BCUT2D eigenvalue weighted by Gasteiger charge is -2.20. The SMILES string of the molecule is CC(O)(CNC(=O)C=Cc1ccc(O)cc1)CC(=O)O. The van der Waals surface area contributed by atoms with Crippen molar-refractivity contribution in [3.05, 3.63) is 35.9 Å². The van der Waals surface area contributed by atoms with Crippen LogP contribution in [0, 0.1) is 0 Å². The molecule has 0 heterocycles. The highest BCUT2D eigenvalue weighted by Crippen LogP contribution is 2.11. The maximum Gasteiger partial charge on any atom is 0.306 e. The molecule has 1 aromatic carbocycles. The van der Waals surface area contributed by atoms with Crippen LogP contribution >= 0.6 is 0 Å². The first-order valence-corrected chi connectivity index (χ1v) is 5.98. The standard InChI is InChI=1S/C14H17NO5/c1-14(20,8-13(18)19)9-15-12(17)7-4-10-2-5-11(16)6-3-10/h2-7,16,20H,8-9H2,1H3,(H,15,17)(H,18,19). The summed E-state index contributed by atoms with van der Waals surface area (Å²) in [7, 11) is 0. The van der Waals surface area contributed by atoms with Crippen molar-refractivity contribution in [1.29, 1.82) is 0 Å². The summed E-state index contributed by atoms with van der Waals surface area (Å²) in [5.74, 6) is -1.44. The van der Waals surface area contributed by atoms with E-state index >= 15 is 0 Å². The van der Waals surface area contributed by atoms with Crippen molar-refractivity contribution in [3.63, 3.8) is 0 Å². The number of carboxylic acids is 1. The van der Waals surface area contributed by atoms with Crippen molar-refractivity contribution in [2.45, 2.75) is 18.9 Å². The molecule has 1 atom stereocenters. The van der Waals surface area contributed by atoms with Gasteiger partial charge in [-0.05, 0) is 30.7 Å². The molecule has 0 saturated heterocycles. The molecule has 0 fully saturated rings. The Labute approximate surface area is 116 Å². The van der Waals surface area contributed by atoms with Crippen LogP contribution in [0.15, 0.2) is 30.3 Å². The Bertz CT molecular complexity index is 505. The lowest BCUT2D eigenvalue weighted by Crippen LogP contribution is -2.41. The van der Waals surface area contributed by atoms with Crippen LogP contribution in [-0.4, -0.2) is 39.3 Å². The number of aliphatic carboxylic acids is 1. The molecule has 1 amide bonds. The summed E-state index contributed by atoms with van der Waals surface area (Å²) in [5, 5.41) is 29.8. The van der Waals surface area contributed by atoms with Gasteiger partial charge in [-0.15, -0.1) is 0 Å². The minimum absolute atomic E-state index is 0.135. The van der Waals surface area contributed by atoms with E-state index in [4.69, 9.17) is 10.2 Å². The predicted octanol–water partition coefficient (Wildman–Crippen LogP) is 0.747. The quantitative estimate of drug-likeness (QED) is 0.575. The normalized spacial score (nSPS) is 13.9. The molecule has 0 aliphatic heterocycles. The number of carboxylic acid groups (broad SMARTS) is 1. The molecule has 0 bridgehead atoms. The van der Waals surface area contributed by atoms with Crippen LogP contribution in [0.3, 0.4) is 0 Å². The molecule has 1 aromatic rings. The van der Waals surface area contributed by atoms with E-state index in [1.807, 2.05) is 0 Å². The molecule has 4 N–H and O–H groups in total. The van der Waals surface area contributed by atoms with Gasteiger partial charge >= 0.3 is 5.97 Å². The van der Waals surface area contributed by atoms with E-state index in [1.54, 1.807) is 18.2 Å². The largest absolute Gasteiger partial charge is 0.508 e. The average Bonchev–Trinajstić information content (AvgIpc) is 2.34. The second-order valence-electron chi connectivity index (χ2n) is 4.71. The second-order valence-corrected chi connectivity index (χ2v) is 4.71. The van der Waals surface area contributed by atoms with Gasteiger partial charge in [0.05, 0.1) is 12.0 Å². The van der Waals surface area contributed by atoms with Gasteiger partial charge in [0.15, 0.2) is 0 Å². The fourth-order valence-electron chi connectivity index (χ4n) is 1.48. The Morgan fingerprint density at radius 2 is 1.90 bits per heavy atom. The summed E-state index contributed by atoms with van der Waals surface area (Å²) >= 11 is 0. The second kappa shape index (κ2) is 6.72. The van der Waals surface area contributed by atoms with E-state index < -0.39 is 23.9 Å². The summed E-state index contributed by atoms with van der Waals surface area (Å²) in [6.45, 7) is 1.18. The Balaban J connectivity index is 2.47. The number of phenols is 1. The van der Waals surface area contributed by atoms with Crippen molar-refractivity contribution in [3.8, 4) is 5.75 Å². The topological polar surface area (TPSA) is 107 Å². The highest BCUT2D eigenvalue weighted by Gasteiger charge is 2.24. The lowest BCUT2D eigenvalue weighted by molar-refractivity contribution is -0.142. The first-order chi connectivity index (χ1) is 9.28. The Morgan fingerprint density at radius 3 is 2.45 bits per heavy atom. The van der Waals surface area contributed by atoms with E-state index in [9.17, 15) is 14.7 Å². The zero-order valence-corrected chi connectivity index (χ0v) is 11.0. The fraction of sp³-hybridized carbons (Fsp3) is 0.286. The molecule has 1 unspecified atom stereocenters. The number of aromatic hydroxyl groups is 1. The molecule has 0 spiro atoms. The number of carbonyl (C=O) groups is 2. The zero-order chi connectivity index (χ0) is 15.2. The zero-order valence-electron chi connectivity index (χ0n) is 11.0. The first kappa shape index (κ1) is 15.7. The summed E-state index contributed by atoms with van der Waals surface area (Å²) < 4.78 is 0. The van der Waals surface area contributed by atoms with Crippen molar-refractivity contribution >= 4 is 18.0 Å². The maximum atomic E-state index is 11.5. The monoisotopic (exact) mass is 279 g/mol. The van der Waals surface area contributed by atoms with Gasteiger partial charge in [-0.25, -0.2) is 0 Å². The minimum atomic E-state index is -1.49. The van der Waals surface area contributed by atoms with Gasteiger partial charge in [-0.3, -0.25) is 9.59 Å². The van der Waals surface area contributed by atoms with Crippen molar-refractivity contribution in [2.75, 3.05) is 6.54 Å². The van der Waals surface area contributed by atoms with Gasteiger partial charge in [0.2, 0.25) is 5.91 Å². The van der Waals surface area contributed by atoms with E-state index in [-0.39, 0.29) is 12.3 Å². The molecule has 0 aliphatic rings. The van der Waals surface area contributed by atoms with Crippen LogP contribution in [0.4, 0.5) is 0 Å². The summed E-state index contributed by atoms with van der Waals surface area (Å²) in [4.78, 5) is 22.0. The Morgan fingerprint density at radius 1 is 1.30 bits per heavy atom. The van der Waals surface area contributed by atoms with Gasteiger partial charge in [-0.2, -0.15) is 0 Å². The summed E-state index contributed by atoms with van der Waals surface area (Å²) in [5.41, 5.74) is -0.760. The number of benzene rings is 1. The predicted molar refractivity (Wildman–Crippen MR) is 73.0 cm³/mol. The van der Waals surface area contributed by atoms with Crippen LogP contribution in [0.25, 0.3) is 6.08 Å². The number of carbonyl (C=O) groups excluding carboxylic acids is 1. The smallest absolute Gasteiger partial charge is 0.306 e. The van der Waals surface area contributed by atoms with Gasteiger partial charge < -0.3 is 20.6 Å². The lowest BCUT2D eigenvalue weighted by atomic mass is 10.0. The van der Waals surface area contributed by atoms with Crippen LogP contribution in [-0.2, 0) is 9.59 Å². The van der Waals surface area contributed by atoms with Crippen LogP contribution in [0.1, 0.15) is 18.9 Å². The van der Waals surface area contributed by atoms with Gasteiger partial charge in [-0.1, -0.05) is 12.1 Å². The molecular formula is C14H17NO5. The molecule has 6 heteroatoms. The number of hydrogen-bond donors (Lipinski definition) is 4. The van der Waals surface area contributed by atoms with E-state index in [2.05, 4.69) is 5.32 Å². The number of amides is 1. The third kappa shape index (κ3) is 6.01. The minimum Gasteiger partial charge on any atom is -0.508 e. The number of aliphatic hydroxyl groups is 1. The van der Waals surface area contributed by atoms with Gasteiger partial charge in [0, 0.05) is 12.6 Å². The van der Waals surface area contributed by atoms with E-state index in [0.29, 0.717) is 0 Å². The van der Waals surface area contributed by atoms with Crippen molar-refractivity contribution in [1.82, 2.24) is 5.32 Å². The van der Waals surface area contributed by atoms with E-state index in [0.717, 1.165) is 5.56 Å². The van der Waals surface area contributed by atoms with E-state index in [1.165, 1.54) is 25.1 Å². The molecule has 0 radical (unpaired) electrons. The number of nitrogens with one attached hydrogen (secondary N) is 1. The molecule has 108 valence electrons. The molecule has 20 heavy (non-hydrogen) atoms. The van der Waals surface area contributed by atoms with Crippen molar-refractivity contribution < 1.29 is 24.9 Å². The Hall–Kier alpha value is -2.34. The number of phenolic OH excluding ortho intramolecular Hbond substituents is 1. The molecule has 0 saturated carbocycles. The van der Waals surface area contributed by atoms with Crippen LogP contribution in [0.2, 0.25) is 0 Å². The average molecular weight is 279 g/mol. The molecular weight excluding hydrogens is 262 g/mol. The molecule has 6 nitrogen and oxygen atoms in total. The third-order valence-corrected chi connectivity index (χ3v) is 2.50. The van der Waals surface area contributed by atoms with Crippen LogP contribution in [0.5, 0.6) is 5.75 Å². The highest BCUT2D eigenvalue weighted by molar-refractivity contribution is 5.91. The molecule has 0 aromatic heterocycles. The number of hydrogen-bond acceptors (Lipinski definition) is 4. The van der Waals surface area contributed by atoms with Crippen molar-refractivity contribution in [2.24, 2.45) is 0 Å². The molecule has 1 rings (SSSR count). The van der Waals surface area contributed by atoms with Gasteiger partial charge in [0.1, 0.15) is 5.75 Å². The number of rotatable bonds is 6. The molecule has 0 aliphatic carbocycles. The maximum absolute atomic E-state index is 11.5. The highest BCUT2D eigenvalue weighted by atomic mass is 16.4. The summed E-state index contributed by atoms with van der Waals surface area (Å²) in [6.07, 6.45) is 2.36. The van der Waals surface area contributed by atoms with Crippen LogP contribution < -0.4 is 5.32 Å². The fourth-order valence-corrected chi connectivity index (χ4v) is 1.48. The Kier molecular flexibility index (Phi) is 5.28. The first-order valence-electron chi connectivity index (χ1n) is 5.98.